The van der Waals surface area contributed by atoms with Gasteiger partial charge in [-0.15, -0.1) is 0 Å². The molecule has 0 unspecified atom stereocenters. The van der Waals surface area contributed by atoms with Crippen LogP contribution in [0.2, 0.25) is 0 Å². The van der Waals surface area contributed by atoms with Crippen molar-refractivity contribution in [3.05, 3.63) is 59.7 Å². The summed E-state index contributed by atoms with van der Waals surface area (Å²) < 4.78 is 0. The molecule has 0 spiro atoms. The fourth-order valence-corrected chi connectivity index (χ4v) is 2.38. The van der Waals surface area contributed by atoms with Gasteiger partial charge in [0.25, 0.3) is 0 Å². The van der Waals surface area contributed by atoms with E-state index in [0.717, 1.165) is 30.4 Å². The van der Waals surface area contributed by atoms with Crippen LogP contribution in [0.4, 0.5) is 5.69 Å². The largest absolute Gasteiger partial charge is 0.508 e. The molecule has 0 saturated heterocycles. The van der Waals surface area contributed by atoms with E-state index in [4.69, 9.17) is 0 Å². The number of aromatic hydroxyl groups is 2. The smallest absolute Gasteiger partial charge is 0.189 e. The molecule has 0 saturated carbocycles. The van der Waals surface area contributed by atoms with Crippen molar-refractivity contribution in [2.45, 2.75) is 13.8 Å². The molecule has 0 aliphatic carbocycles. The van der Waals surface area contributed by atoms with Gasteiger partial charge in [-0.25, -0.2) is 0 Å². The number of allylic oxidation sites excluding steroid dienone is 1. The van der Waals surface area contributed by atoms with Gasteiger partial charge in [0.2, 0.25) is 0 Å². The lowest BCUT2D eigenvalue weighted by atomic mass is 10.1. The molecule has 0 bridgehead atoms. The Kier molecular flexibility index (Phi) is 5.41. The minimum atomic E-state index is -0.310. The third-order valence-electron chi connectivity index (χ3n) is 3.70. The second kappa shape index (κ2) is 7.49. The van der Waals surface area contributed by atoms with Gasteiger partial charge in [0.05, 0.1) is 5.56 Å². The number of phenols is 2. The van der Waals surface area contributed by atoms with Crippen LogP contribution in [0, 0.1) is 0 Å². The van der Waals surface area contributed by atoms with Gasteiger partial charge < -0.3 is 15.1 Å². The zero-order valence-electron chi connectivity index (χ0n) is 13.4. The Labute approximate surface area is 136 Å². The molecule has 0 aliphatic rings. The molecular weight excluding hydrogens is 290 g/mol. The molecule has 0 aromatic heterocycles. The number of nitrogens with zero attached hydrogens (tertiary/aromatic N) is 1. The Bertz CT molecular complexity index is 701. The summed E-state index contributed by atoms with van der Waals surface area (Å²) >= 11 is 0. The molecule has 0 atom stereocenters. The molecule has 0 amide bonds. The minimum Gasteiger partial charge on any atom is -0.508 e. The Balaban J connectivity index is 2.12. The first-order valence-electron chi connectivity index (χ1n) is 7.64. The van der Waals surface area contributed by atoms with Crippen LogP contribution in [0.1, 0.15) is 29.8 Å². The Morgan fingerprint density at radius 2 is 1.70 bits per heavy atom. The average Bonchev–Trinajstić information content (AvgIpc) is 2.55. The monoisotopic (exact) mass is 311 g/mol. The summed E-state index contributed by atoms with van der Waals surface area (Å²) in [7, 11) is 0. The maximum atomic E-state index is 12.1. The van der Waals surface area contributed by atoms with Crippen LogP contribution in [0.15, 0.2) is 48.5 Å². The van der Waals surface area contributed by atoms with E-state index in [-0.39, 0.29) is 22.8 Å². The number of hydrogen-bond donors (Lipinski definition) is 2. The van der Waals surface area contributed by atoms with Crippen molar-refractivity contribution in [2.75, 3.05) is 18.0 Å². The number of anilines is 1. The number of benzene rings is 2. The molecule has 0 heterocycles. The lowest BCUT2D eigenvalue weighted by Crippen LogP contribution is -2.21. The van der Waals surface area contributed by atoms with Crippen LogP contribution in [0.3, 0.4) is 0 Å². The van der Waals surface area contributed by atoms with E-state index < -0.39 is 0 Å². The quantitative estimate of drug-likeness (QED) is 0.628. The highest BCUT2D eigenvalue weighted by Gasteiger charge is 2.08. The Hall–Kier alpha value is -2.75. The van der Waals surface area contributed by atoms with E-state index in [0.29, 0.717) is 0 Å². The van der Waals surface area contributed by atoms with Gasteiger partial charge in [0.15, 0.2) is 5.78 Å². The predicted molar refractivity (Wildman–Crippen MR) is 93.1 cm³/mol. The number of ketones is 1. The Morgan fingerprint density at radius 3 is 2.26 bits per heavy atom. The lowest BCUT2D eigenvalue weighted by Gasteiger charge is -2.20. The van der Waals surface area contributed by atoms with Crippen molar-refractivity contribution in [3.8, 4) is 11.5 Å². The van der Waals surface area contributed by atoms with Gasteiger partial charge in [-0.2, -0.15) is 0 Å². The van der Waals surface area contributed by atoms with E-state index in [9.17, 15) is 15.0 Å². The number of carbonyl (C=O) groups is 1. The van der Waals surface area contributed by atoms with Crippen LogP contribution in [-0.4, -0.2) is 29.1 Å². The van der Waals surface area contributed by atoms with Crippen LogP contribution in [0.25, 0.3) is 6.08 Å². The molecule has 2 rings (SSSR count). The van der Waals surface area contributed by atoms with Crippen molar-refractivity contribution in [1.29, 1.82) is 0 Å². The lowest BCUT2D eigenvalue weighted by molar-refractivity contribution is 0.104. The van der Waals surface area contributed by atoms with E-state index in [1.807, 2.05) is 24.3 Å². The second-order valence-electron chi connectivity index (χ2n) is 5.16. The molecule has 4 nitrogen and oxygen atoms in total. The molecule has 23 heavy (non-hydrogen) atoms. The van der Waals surface area contributed by atoms with Gasteiger partial charge >= 0.3 is 0 Å². The summed E-state index contributed by atoms with van der Waals surface area (Å²) in [5.41, 5.74) is 2.22. The molecule has 4 heteroatoms. The standard InChI is InChI=1S/C19H21NO3/c1-3-20(4-2)15-8-5-14(6-9-15)7-12-18(22)17-11-10-16(21)13-19(17)23/h5-13,21,23H,3-4H2,1-2H3/b12-7+. The van der Waals surface area contributed by atoms with Crippen molar-refractivity contribution in [2.24, 2.45) is 0 Å². The van der Waals surface area contributed by atoms with Crippen molar-refractivity contribution >= 4 is 17.5 Å². The van der Waals surface area contributed by atoms with Crippen LogP contribution in [0.5, 0.6) is 11.5 Å². The number of rotatable bonds is 6. The fourth-order valence-electron chi connectivity index (χ4n) is 2.38. The number of carbonyl (C=O) groups excluding carboxylic acids is 1. The summed E-state index contributed by atoms with van der Waals surface area (Å²) in [5.74, 6) is -0.609. The first-order valence-corrected chi connectivity index (χ1v) is 7.64. The highest BCUT2D eigenvalue weighted by molar-refractivity contribution is 6.08. The molecular formula is C19H21NO3. The van der Waals surface area contributed by atoms with Gasteiger partial charge in [0.1, 0.15) is 11.5 Å². The van der Waals surface area contributed by atoms with Crippen molar-refractivity contribution in [3.63, 3.8) is 0 Å². The highest BCUT2D eigenvalue weighted by atomic mass is 16.3. The maximum absolute atomic E-state index is 12.1. The molecule has 0 fully saturated rings. The highest BCUT2D eigenvalue weighted by Crippen LogP contribution is 2.23. The fraction of sp³-hybridized carbons (Fsp3) is 0.211. The van der Waals surface area contributed by atoms with E-state index in [1.165, 1.54) is 18.2 Å². The molecule has 2 aromatic rings. The zero-order chi connectivity index (χ0) is 16.8. The summed E-state index contributed by atoms with van der Waals surface area (Å²) in [6, 6.07) is 11.9. The number of phenolic OH excluding ortho intramolecular Hbond substituents is 2. The third-order valence-corrected chi connectivity index (χ3v) is 3.70. The summed E-state index contributed by atoms with van der Waals surface area (Å²) in [6.45, 7) is 6.12. The molecule has 2 N–H and O–H groups in total. The normalized spacial score (nSPS) is 10.9. The third kappa shape index (κ3) is 4.13. The van der Waals surface area contributed by atoms with Gasteiger partial charge in [-0.3, -0.25) is 4.79 Å². The molecule has 2 aromatic carbocycles. The first kappa shape index (κ1) is 16.6. The summed E-state index contributed by atoms with van der Waals surface area (Å²) in [4.78, 5) is 14.3. The van der Waals surface area contributed by atoms with Crippen molar-refractivity contribution in [1.82, 2.24) is 0 Å². The predicted octanol–water partition coefficient (Wildman–Crippen LogP) is 3.84. The average molecular weight is 311 g/mol. The zero-order valence-corrected chi connectivity index (χ0v) is 13.4. The van der Waals surface area contributed by atoms with Crippen LogP contribution < -0.4 is 4.90 Å². The Morgan fingerprint density at radius 1 is 1.04 bits per heavy atom. The SMILES string of the molecule is CCN(CC)c1ccc(/C=C/C(=O)c2ccc(O)cc2O)cc1. The minimum absolute atomic E-state index is 0.0741. The van der Waals surface area contributed by atoms with E-state index in [2.05, 4.69) is 18.7 Å². The summed E-state index contributed by atoms with van der Waals surface area (Å²) in [6.07, 6.45) is 3.12. The van der Waals surface area contributed by atoms with E-state index in [1.54, 1.807) is 6.08 Å². The summed E-state index contributed by atoms with van der Waals surface area (Å²) in [5, 5.41) is 18.9. The topological polar surface area (TPSA) is 60.8 Å². The van der Waals surface area contributed by atoms with Crippen molar-refractivity contribution < 1.29 is 15.0 Å². The second-order valence-corrected chi connectivity index (χ2v) is 5.16. The number of hydrogen-bond acceptors (Lipinski definition) is 4. The van der Waals surface area contributed by atoms with Crippen LogP contribution >= 0.6 is 0 Å². The van der Waals surface area contributed by atoms with Gasteiger partial charge in [0, 0.05) is 24.8 Å². The first-order chi connectivity index (χ1) is 11.0. The van der Waals surface area contributed by atoms with Gasteiger partial charge in [-0.1, -0.05) is 18.2 Å². The van der Waals surface area contributed by atoms with Gasteiger partial charge in [-0.05, 0) is 49.8 Å². The molecule has 0 aliphatic heterocycles. The van der Waals surface area contributed by atoms with E-state index >= 15 is 0 Å². The molecule has 120 valence electrons. The molecule has 0 radical (unpaired) electrons. The maximum Gasteiger partial charge on any atom is 0.189 e. The van der Waals surface area contributed by atoms with Crippen LogP contribution in [-0.2, 0) is 0 Å².